The van der Waals surface area contributed by atoms with E-state index in [1.807, 2.05) is 55.1 Å². The minimum Gasteiger partial charge on any atom is -0.496 e. The molecule has 0 bridgehead atoms. The van der Waals surface area contributed by atoms with E-state index >= 15 is 0 Å². The van der Waals surface area contributed by atoms with E-state index < -0.39 is 0 Å². The number of para-hydroxylation sites is 1. The van der Waals surface area contributed by atoms with Crippen molar-refractivity contribution in [3.05, 3.63) is 54.0 Å². The molecule has 4 heteroatoms. The lowest BCUT2D eigenvalue weighted by atomic mass is 9.91. The van der Waals surface area contributed by atoms with Crippen molar-refractivity contribution in [1.82, 2.24) is 4.90 Å². The summed E-state index contributed by atoms with van der Waals surface area (Å²) in [5, 5.41) is 0. The molecule has 0 aliphatic heterocycles. The van der Waals surface area contributed by atoms with Crippen LogP contribution in [0.5, 0.6) is 5.75 Å². The number of carbonyl (C=O) groups is 1. The van der Waals surface area contributed by atoms with Crippen LogP contribution in [0.1, 0.15) is 37.5 Å². The quantitative estimate of drug-likeness (QED) is 0.783. The van der Waals surface area contributed by atoms with E-state index in [1.165, 1.54) is 0 Å². The molecule has 0 radical (unpaired) electrons. The minimum absolute atomic E-state index is 0.123. The highest BCUT2D eigenvalue weighted by molar-refractivity contribution is 5.77. The average molecular weight is 301 g/mol. The second kappa shape index (κ2) is 7.69. The first-order valence-electron chi connectivity index (χ1n) is 7.65. The van der Waals surface area contributed by atoms with Gasteiger partial charge in [-0.25, -0.2) is 0 Å². The van der Waals surface area contributed by atoms with Gasteiger partial charge in [0.05, 0.1) is 19.3 Å². The molecule has 1 heterocycles. The molecule has 0 saturated carbocycles. The molecular formula is C18H23NO3. The summed E-state index contributed by atoms with van der Waals surface area (Å²) >= 11 is 0. The summed E-state index contributed by atoms with van der Waals surface area (Å²) in [4.78, 5) is 14.4. The fourth-order valence-corrected chi connectivity index (χ4v) is 2.69. The number of rotatable bonds is 7. The third-order valence-electron chi connectivity index (χ3n) is 3.90. The van der Waals surface area contributed by atoms with Gasteiger partial charge >= 0.3 is 0 Å². The zero-order valence-corrected chi connectivity index (χ0v) is 13.4. The van der Waals surface area contributed by atoms with Gasteiger partial charge < -0.3 is 14.1 Å². The molecule has 4 nitrogen and oxygen atoms in total. The molecular weight excluding hydrogens is 278 g/mol. The Morgan fingerprint density at radius 2 is 1.91 bits per heavy atom. The number of carbonyl (C=O) groups excluding carboxylic acids is 1. The number of amides is 1. The first-order valence-corrected chi connectivity index (χ1v) is 7.65. The molecule has 2 rings (SSSR count). The second-order valence-corrected chi connectivity index (χ2v) is 5.08. The van der Waals surface area contributed by atoms with Crippen molar-refractivity contribution < 1.29 is 13.9 Å². The van der Waals surface area contributed by atoms with Crippen LogP contribution in [-0.2, 0) is 4.79 Å². The fourth-order valence-electron chi connectivity index (χ4n) is 2.69. The van der Waals surface area contributed by atoms with E-state index in [0.717, 1.165) is 17.1 Å². The van der Waals surface area contributed by atoms with E-state index in [1.54, 1.807) is 13.4 Å². The topological polar surface area (TPSA) is 42.7 Å². The van der Waals surface area contributed by atoms with E-state index in [9.17, 15) is 4.79 Å². The number of nitrogens with zero attached hydrogens (tertiary/aromatic N) is 1. The maximum absolute atomic E-state index is 12.5. The second-order valence-electron chi connectivity index (χ2n) is 5.08. The van der Waals surface area contributed by atoms with E-state index in [4.69, 9.17) is 9.15 Å². The van der Waals surface area contributed by atoms with Crippen LogP contribution in [0.4, 0.5) is 0 Å². The Bertz CT molecular complexity index is 588. The summed E-state index contributed by atoms with van der Waals surface area (Å²) < 4.78 is 11.0. The van der Waals surface area contributed by atoms with Gasteiger partial charge in [-0.1, -0.05) is 18.2 Å². The Kier molecular flexibility index (Phi) is 5.64. The van der Waals surface area contributed by atoms with Crippen molar-refractivity contribution in [2.45, 2.75) is 26.2 Å². The molecule has 22 heavy (non-hydrogen) atoms. The maximum atomic E-state index is 12.5. The maximum Gasteiger partial charge on any atom is 0.223 e. The number of furan rings is 1. The van der Waals surface area contributed by atoms with Crippen molar-refractivity contribution in [2.24, 2.45) is 0 Å². The summed E-state index contributed by atoms with van der Waals surface area (Å²) in [6, 6.07) is 11.5. The van der Waals surface area contributed by atoms with Crippen LogP contribution in [-0.4, -0.2) is 31.0 Å². The third kappa shape index (κ3) is 3.50. The standard InChI is InChI=1S/C18H23NO3/c1-4-19(5-2)18(20)13-15(17-11-8-12-22-17)14-9-6-7-10-16(14)21-3/h6-12,15H,4-5,13H2,1-3H3/t15-/m0/s1. The van der Waals surface area contributed by atoms with Crippen molar-refractivity contribution in [2.75, 3.05) is 20.2 Å². The SMILES string of the molecule is CCN(CC)C(=O)C[C@H](c1ccco1)c1ccccc1OC. The van der Waals surface area contributed by atoms with Gasteiger partial charge in [-0.2, -0.15) is 0 Å². The molecule has 0 N–H and O–H groups in total. The minimum atomic E-state index is -0.140. The van der Waals surface area contributed by atoms with Crippen molar-refractivity contribution >= 4 is 5.91 Å². The zero-order chi connectivity index (χ0) is 15.9. The molecule has 0 aliphatic rings. The van der Waals surface area contributed by atoms with Crippen LogP contribution in [0.2, 0.25) is 0 Å². The van der Waals surface area contributed by atoms with Gasteiger partial charge in [0.15, 0.2) is 0 Å². The lowest BCUT2D eigenvalue weighted by molar-refractivity contribution is -0.131. The number of methoxy groups -OCH3 is 1. The molecule has 0 spiro atoms. The highest BCUT2D eigenvalue weighted by atomic mass is 16.5. The zero-order valence-electron chi connectivity index (χ0n) is 13.4. The average Bonchev–Trinajstić information content (AvgIpc) is 3.08. The van der Waals surface area contributed by atoms with Gasteiger partial charge in [0.25, 0.3) is 0 Å². The largest absolute Gasteiger partial charge is 0.496 e. The molecule has 0 aliphatic carbocycles. The van der Waals surface area contributed by atoms with E-state index in [2.05, 4.69) is 0 Å². The fraction of sp³-hybridized carbons (Fsp3) is 0.389. The van der Waals surface area contributed by atoms with Gasteiger partial charge in [-0.15, -0.1) is 0 Å². The normalized spacial score (nSPS) is 12.0. The Balaban J connectivity index is 2.34. The third-order valence-corrected chi connectivity index (χ3v) is 3.90. The highest BCUT2D eigenvalue weighted by Gasteiger charge is 2.25. The van der Waals surface area contributed by atoms with Gasteiger partial charge in [-0.3, -0.25) is 4.79 Å². The number of ether oxygens (including phenoxy) is 1. The van der Waals surface area contributed by atoms with Crippen LogP contribution in [0.15, 0.2) is 47.1 Å². The number of benzene rings is 1. The Labute approximate surface area is 131 Å². The van der Waals surface area contributed by atoms with Gasteiger partial charge in [0.1, 0.15) is 11.5 Å². The van der Waals surface area contributed by atoms with Crippen molar-refractivity contribution in [3.63, 3.8) is 0 Å². The molecule has 0 saturated heterocycles. The van der Waals surface area contributed by atoms with Crippen LogP contribution in [0.3, 0.4) is 0 Å². The summed E-state index contributed by atoms with van der Waals surface area (Å²) in [6.07, 6.45) is 2.01. The molecule has 118 valence electrons. The summed E-state index contributed by atoms with van der Waals surface area (Å²) in [5.74, 6) is 1.54. The summed E-state index contributed by atoms with van der Waals surface area (Å²) in [6.45, 7) is 5.41. The monoisotopic (exact) mass is 301 g/mol. The predicted octanol–water partition coefficient (Wildman–Crippen LogP) is 3.68. The lowest BCUT2D eigenvalue weighted by Gasteiger charge is -2.23. The molecule has 0 fully saturated rings. The molecule has 1 aromatic heterocycles. The predicted molar refractivity (Wildman–Crippen MR) is 86.1 cm³/mol. The molecule has 2 aromatic rings. The van der Waals surface area contributed by atoms with Gasteiger partial charge in [0.2, 0.25) is 5.91 Å². The smallest absolute Gasteiger partial charge is 0.223 e. The van der Waals surface area contributed by atoms with Crippen LogP contribution < -0.4 is 4.74 Å². The summed E-state index contributed by atoms with van der Waals surface area (Å²) in [7, 11) is 1.64. The van der Waals surface area contributed by atoms with Gasteiger partial charge in [-0.05, 0) is 32.0 Å². The Morgan fingerprint density at radius 3 is 2.50 bits per heavy atom. The number of hydrogen-bond acceptors (Lipinski definition) is 3. The van der Waals surface area contributed by atoms with Crippen molar-refractivity contribution in [3.8, 4) is 5.75 Å². The Morgan fingerprint density at radius 1 is 1.18 bits per heavy atom. The molecule has 1 atom stereocenters. The molecule has 0 unspecified atom stereocenters. The van der Waals surface area contributed by atoms with E-state index in [-0.39, 0.29) is 11.8 Å². The van der Waals surface area contributed by atoms with E-state index in [0.29, 0.717) is 19.5 Å². The van der Waals surface area contributed by atoms with Crippen LogP contribution in [0.25, 0.3) is 0 Å². The van der Waals surface area contributed by atoms with Crippen LogP contribution in [0, 0.1) is 0 Å². The molecule has 1 amide bonds. The Hall–Kier alpha value is -2.23. The molecule has 1 aromatic carbocycles. The lowest BCUT2D eigenvalue weighted by Crippen LogP contribution is -2.31. The highest BCUT2D eigenvalue weighted by Crippen LogP contribution is 2.34. The first-order chi connectivity index (χ1) is 10.7. The van der Waals surface area contributed by atoms with Crippen molar-refractivity contribution in [1.29, 1.82) is 0 Å². The number of hydrogen-bond donors (Lipinski definition) is 0. The van der Waals surface area contributed by atoms with Gasteiger partial charge in [0, 0.05) is 25.1 Å². The first kappa shape index (κ1) is 16.1. The summed E-state index contributed by atoms with van der Waals surface area (Å²) in [5.41, 5.74) is 0.973. The van der Waals surface area contributed by atoms with Crippen LogP contribution >= 0.6 is 0 Å².